The smallest absolute Gasteiger partial charge is 0.119 e. The van der Waals surface area contributed by atoms with E-state index in [-0.39, 0.29) is 6.61 Å². The van der Waals surface area contributed by atoms with E-state index in [0.29, 0.717) is 6.54 Å². The molecule has 1 atom stereocenters. The molecule has 2 N–H and O–H groups in total. The third kappa shape index (κ3) is 7.59. The Morgan fingerprint density at radius 3 is 2.43 bits per heavy atom. The molecule has 0 amide bonds. The maximum atomic E-state index is 10.3. The maximum Gasteiger partial charge on any atom is 0.119 e. The second-order valence-electron chi connectivity index (χ2n) is 7.66. The molecule has 3 aromatic rings. The van der Waals surface area contributed by atoms with Crippen molar-refractivity contribution in [3.8, 4) is 5.75 Å². The number of hydrogen-bond acceptors (Lipinski definition) is 5. The summed E-state index contributed by atoms with van der Waals surface area (Å²) in [5, 5.41) is 13.7. The van der Waals surface area contributed by atoms with Gasteiger partial charge in [0.25, 0.3) is 0 Å². The van der Waals surface area contributed by atoms with Crippen LogP contribution in [0.15, 0.2) is 72.8 Å². The Labute approximate surface area is 179 Å². The third-order valence-electron chi connectivity index (χ3n) is 4.76. The van der Waals surface area contributed by atoms with Crippen molar-refractivity contribution in [2.75, 3.05) is 20.2 Å². The summed E-state index contributed by atoms with van der Waals surface area (Å²) in [4.78, 5) is 6.59. The van der Waals surface area contributed by atoms with Gasteiger partial charge in [0.2, 0.25) is 0 Å². The van der Waals surface area contributed by atoms with Gasteiger partial charge in [-0.05, 0) is 49.4 Å². The van der Waals surface area contributed by atoms with E-state index >= 15 is 0 Å². The Bertz CT molecular complexity index is 884. The fraction of sp³-hybridized carbons (Fsp3) is 0.320. The Balaban J connectivity index is 1.36. The zero-order chi connectivity index (χ0) is 21.2. The predicted molar refractivity (Wildman–Crippen MR) is 120 cm³/mol. The normalized spacial score (nSPS) is 12.1. The molecule has 0 aliphatic heterocycles. The first-order chi connectivity index (χ1) is 14.6. The van der Waals surface area contributed by atoms with Gasteiger partial charge in [0.1, 0.15) is 18.5 Å². The van der Waals surface area contributed by atoms with Gasteiger partial charge in [0.05, 0.1) is 5.69 Å². The minimum absolute atomic E-state index is 0.274. The number of pyridine rings is 1. The van der Waals surface area contributed by atoms with Gasteiger partial charge >= 0.3 is 0 Å². The van der Waals surface area contributed by atoms with Gasteiger partial charge in [0, 0.05) is 31.9 Å². The van der Waals surface area contributed by atoms with Crippen LogP contribution < -0.4 is 10.1 Å². The van der Waals surface area contributed by atoms with E-state index in [1.165, 1.54) is 11.1 Å². The molecule has 158 valence electrons. The highest BCUT2D eigenvalue weighted by atomic mass is 16.5. The highest BCUT2D eigenvalue weighted by Gasteiger charge is 2.10. The summed E-state index contributed by atoms with van der Waals surface area (Å²) < 4.78 is 5.75. The largest absolute Gasteiger partial charge is 0.491 e. The lowest BCUT2D eigenvalue weighted by molar-refractivity contribution is 0.0744. The highest BCUT2D eigenvalue weighted by Crippen LogP contribution is 2.13. The number of ether oxygens (including phenoxy) is 1. The molecule has 3 rings (SSSR count). The molecule has 30 heavy (non-hydrogen) atoms. The van der Waals surface area contributed by atoms with E-state index in [2.05, 4.69) is 27.3 Å². The molecule has 1 unspecified atom stereocenters. The summed E-state index contributed by atoms with van der Waals surface area (Å²) in [6.07, 6.45) is -0.540. The van der Waals surface area contributed by atoms with Crippen molar-refractivity contribution in [3.63, 3.8) is 0 Å². The average Bonchev–Trinajstić information content (AvgIpc) is 2.74. The van der Waals surface area contributed by atoms with Crippen LogP contribution in [0.3, 0.4) is 0 Å². The summed E-state index contributed by atoms with van der Waals surface area (Å²) in [6.45, 7) is 5.14. The van der Waals surface area contributed by atoms with Crippen molar-refractivity contribution >= 4 is 0 Å². The van der Waals surface area contributed by atoms with Crippen molar-refractivity contribution in [1.82, 2.24) is 15.2 Å². The topological polar surface area (TPSA) is 57.6 Å². The van der Waals surface area contributed by atoms with Crippen LogP contribution in [0.25, 0.3) is 0 Å². The van der Waals surface area contributed by atoms with E-state index in [1.54, 1.807) is 0 Å². The van der Waals surface area contributed by atoms with Gasteiger partial charge in [-0.25, -0.2) is 0 Å². The Morgan fingerprint density at radius 1 is 0.933 bits per heavy atom. The molecule has 0 saturated carbocycles. The molecule has 0 radical (unpaired) electrons. The maximum absolute atomic E-state index is 10.3. The van der Waals surface area contributed by atoms with Crippen LogP contribution in [0.1, 0.15) is 22.5 Å². The van der Waals surface area contributed by atoms with E-state index in [4.69, 9.17) is 4.74 Å². The lowest BCUT2D eigenvalue weighted by Crippen LogP contribution is -2.32. The Kier molecular flexibility index (Phi) is 8.39. The number of likely N-dealkylation sites (N-methyl/N-ethyl adjacent to an activating group) is 1. The molecular formula is C25H31N3O2. The van der Waals surface area contributed by atoms with Crippen molar-refractivity contribution in [2.24, 2.45) is 0 Å². The molecular weight excluding hydrogens is 374 g/mol. The highest BCUT2D eigenvalue weighted by molar-refractivity contribution is 5.27. The Hall–Kier alpha value is -2.73. The SMILES string of the molecule is Cc1cccc(CNCc2ccc(OCC(O)CN(C)Cc3ccccc3)cc2)n1. The van der Waals surface area contributed by atoms with Crippen LogP contribution in [0, 0.1) is 6.92 Å². The molecule has 1 aromatic heterocycles. The molecule has 1 heterocycles. The van der Waals surface area contributed by atoms with Crippen molar-refractivity contribution in [3.05, 3.63) is 95.3 Å². The first kappa shape index (κ1) is 22.0. The monoisotopic (exact) mass is 405 g/mol. The van der Waals surface area contributed by atoms with Gasteiger partial charge in [-0.2, -0.15) is 0 Å². The zero-order valence-corrected chi connectivity index (χ0v) is 17.8. The molecule has 0 fully saturated rings. The van der Waals surface area contributed by atoms with Gasteiger partial charge in [-0.3, -0.25) is 9.88 Å². The molecule has 5 nitrogen and oxygen atoms in total. The van der Waals surface area contributed by atoms with E-state index < -0.39 is 6.10 Å². The third-order valence-corrected chi connectivity index (χ3v) is 4.76. The number of aryl methyl sites for hydroxylation is 1. The van der Waals surface area contributed by atoms with Gasteiger partial charge in [0.15, 0.2) is 0 Å². The zero-order valence-electron chi connectivity index (χ0n) is 17.8. The fourth-order valence-corrected chi connectivity index (χ4v) is 3.30. The van der Waals surface area contributed by atoms with Crippen molar-refractivity contribution in [2.45, 2.75) is 32.7 Å². The number of aliphatic hydroxyl groups is 1. The number of aliphatic hydroxyl groups excluding tert-OH is 1. The molecule has 2 aromatic carbocycles. The van der Waals surface area contributed by atoms with Crippen molar-refractivity contribution in [1.29, 1.82) is 0 Å². The van der Waals surface area contributed by atoms with E-state index in [9.17, 15) is 5.11 Å². The minimum Gasteiger partial charge on any atom is -0.491 e. The van der Waals surface area contributed by atoms with E-state index in [1.807, 2.05) is 74.6 Å². The number of aromatic nitrogens is 1. The van der Waals surface area contributed by atoms with Crippen LogP contribution in [-0.4, -0.2) is 41.3 Å². The summed E-state index contributed by atoms with van der Waals surface area (Å²) in [5.74, 6) is 0.767. The molecule has 0 aliphatic rings. The lowest BCUT2D eigenvalue weighted by Gasteiger charge is -2.21. The number of hydrogen-bond donors (Lipinski definition) is 2. The van der Waals surface area contributed by atoms with Gasteiger partial charge < -0.3 is 15.2 Å². The first-order valence-corrected chi connectivity index (χ1v) is 10.3. The molecule has 5 heteroatoms. The van der Waals surface area contributed by atoms with Crippen LogP contribution in [0.4, 0.5) is 0 Å². The minimum atomic E-state index is -0.540. The Morgan fingerprint density at radius 2 is 1.70 bits per heavy atom. The first-order valence-electron chi connectivity index (χ1n) is 10.3. The number of benzene rings is 2. The number of nitrogens with one attached hydrogen (secondary N) is 1. The summed E-state index contributed by atoms with van der Waals surface area (Å²) in [6, 6.07) is 24.3. The molecule has 0 saturated heterocycles. The van der Waals surface area contributed by atoms with Crippen LogP contribution in [0.5, 0.6) is 5.75 Å². The van der Waals surface area contributed by atoms with Crippen LogP contribution in [-0.2, 0) is 19.6 Å². The summed E-state index contributed by atoms with van der Waals surface area (Å²) in [7, 11) is 2.00. The van der Waals surface area contributed by atoms with Crippen LogP contribution in [0.2, 0.25) is 0 Å². The van der Waals surface area contributed by atoms with Gasteiger partial charge in [-0.1, -0.05) is 48.5 Å². The summed E-state index contributed by atoms with van der Waals surface area (Å²) >= 11 is 0. The average molecular weight is 406 g/mol. The standard InChI is InChI=1S/C25H31N3O2/c1-20-7-6-10-23(27-20)16-26-15-21-11-13-25(14-12-21)30-19-24(29)18-28(2)17-22-8-4-3-5-9-22/h3-14,24,26,29H,15-19H2,1-2H3. The fourth-order valence-electron chi connectivity index (χ4n) is 3.30. The van der Waals surface area contributed by atoms with Crippen LogP contribution >= 0.6 is 0 Å². The molecule has 0 spiro atoms. The quantitative estimate of drug-likeness (QED) is 0.511. The second-order valence-corrected chi connectivity index (χ2v) is 7.66. The summed E-state index contributed by atoms with van der Waals surface area (Å²) in [5.41, 5.74) is 4.49. The van der Waals surface area contributed by atoms with Crippen molar-refractivity contribution < 1.29 is 9.84 Å². The lowest BCUT2D eigenvalue weighted by atomic mass is 10.2. The molecule has 0 aliphatic carbocycles. The molecule has 0 bridgehead atoms. The predicted octanol–water partition coefficient (Wildman–Crippen LogP) is 3.55. The van der Waals surface area contributed by atoms with Gasteiger partial charge in [-0.15, -0.1) is 0 Å². The van der Waals surface area contributed by atoms with E-state index in [0.717, 1.165) is 36.8 Å². The second kappa shape index (κ2) is 11.5. The number of nitrogens with zero attached hydrogens (tertiary/aromatic N) is 2. The number of rotatable bonds is 11.